The summed E-state index contributed by atoms with van der Waals surface area (Å²) >= 11 is 0. The molecule has 0 atom stereocenters. The molecule has 1 fully saturated rings. The number of hydrogen-bond acceptors (Lipinski definition) is 7. The number of aromatic nitrogens is 2. The van der Waals surface area contributed by atoms with Crippen molar-refractivity contribution < 1.29 is 9.47 Å². The first-order chi connectivity index (χ1) is 12.2. The fraction of sp³-hybridized carbons (Fsp3) is 0.353. The van der Waals surface area contributed by atoms with E-state index in [9.17, 15) is 10.1 Å². The van der Waals surface area contributed by atoms with Crippen molar-refractivity contribution >= 4 is 5.95 Å². The molecule has 4 rings (SSSR count). The van der Waals surface area contributed by atoms with Crippen LogP contribution < -0.4 is 19.9 Å². The monoisotopic (exact) mass is 339 g/mol. The number of H-pyrrole nitrogens is 1. The summed E-state index contributed by atoms with van der Waals surface area (Å²) in [6.07, 6.45) is 0. The van der Waals surface area contributed by atoms with Crippen molar-refractivity contribution in [1.82, 2.24) is 14.9 Å². The summed E-state index contributed by atoms with van der Waals surface area (Å²) < 4.78 is 10.7. The highest BCUT2D eigenvalue weighted by Crippen LogP contribution is 2.36. The molecule has 0 aliphatic carbocycles. The number of benzene rings is 1. The average molecular weight is 339 g/mol. The van der Waals surface area contributed by atoms with E-state index in [1.165, 1.54) is 0 Å². The number of anilines is 1. The van der Waals surface area contributed by atoms with E-state index in [2.05, 4.69) is 21.9 Å². The van der Waals surface area contributed by atoms with E-state index in [0.29, 0.717) is 28.7 Å². The molecule has 8 nitrogen and oxygen atoms in total. The van der Waals surface area contributed by atoms with Crippen molar-refractivity contribution in [3.8, 4) is 28.8 Å². The number of ether oxygens (including phenoxy) is 2. The number of piperazine rings is 1. The van der Waals surface area contributed by atoms with Gasteiger partial charge in [-0.25, -0.2) is 4.98 Å². The summed E-state index contributed by atoms with van der Waals surface area (Å²) in [4.78, 5) is 24.0. The maximum Gasteiger partial charge on any atom is 0.270 e. The average Bonchev–Trinajstić information content (AvgIpc) is 3.09. The van der Waals surface area contributed by atoms with Gasteiger partial charge >= 0.3 is 0 Å². The summed E-state index contributed by atoms with van der Waals surface area (Å²) in [6.45, 7) is 3.49. The molecule has 25 heavy (non-hydrogen) atoms. The lowest BCUT2D eigenvalue weighted by molar-refractivity contribution is 0.174. The smallest absolute Gasteiger partial charge is 0.270 e. The Kier molecular flexibility index (Phi) is 3.78. The maximum absolute atomic E-state index is 12.4. The van der Waals surface area contributed by atoms with Crippen LogP contribution in [0.2, 0.25) is 0 Å². The number of aromatic amines is 1. The van der Waals surface area contributed by atoms with Gasteiger partial charge in [-0.2, -0.15) is 5.26 Å². The van der Waals surface area contributed by atoms with E-state index in [1.807, 2.05) is 11.0 Å². The van der Waals surface area contributed by atoms with Gasteiger partial charge in [0.2, 0.25) is 12.7 Å². The first-order valence-corrected chi connectivity index (χ1v) is 8.03. The van der Waals surface area contributed by atoms with Crippen molar-refractivity contribution in [1.29, 1.82) is 5.26 Å². The lowest BCUT2D eigenvalue weighted by Gasteiger charge is -2.32. The topological polar surface area (TPSA) is 94.5 Å². The van der Waals surface area contributed by atoms with E-state index in [4.69, 9.17) is 9.47 Å². The van der Waals surface area contributed by atoms with Gasteiger partial charge in [0.1, 0.15) is 11.6 Å². The Hall–Kier alpha value is -3.05. The van der Waals surface area contributed by atoms with Gasteiger partial charge in [0.05, 0.1) is 5.69 Å². The summed E-state index contributed by atoms with van der Waals surface area (Å²) in [5.74, 6) is 1.72. The minimum Gasteiger partial charge on any atom is -0.454 e. The number of nitriles is 1. The van der Waals surface area contributed by atoms with Crippen LogP contribution in [0.4, 0.5) is 5.95 Å². The highest BCUT2D eigenvalue weighted by atomic mass is 16.7. The van der Waals surface area contributed by atoms with E-state index in [1.54, 1.807) is 18.2 Å². The number of hydrogen-bond donors (Lipinski definition) is 1. The summed E-state index contributed by atoms with van der Waals surface area (Å²) in [5, 5.41) is 9.40. The Labute approximate surface area is 144 Å². The van der Waals surface area contributed by atoms with Crippen LogP contribution in [0.25, 0.3) is 11.3 Å². The van der Waals surface area contributed by atoms with Crippen LogP contribution in [0.1, 0.15) is 5.56 Å². The van der Waals surface area contributed by atoms with Crippen molar-refractivity contribution in [2.24, 2.45) is 0 Å². The van der Waals surface area contributed by atoms with Crippen molar-refractivity contribution in [2.75, 3.05) is 44.9 Å². The molecule has 2 aliphatic rings. The van der Waals surface area contributed by atoms with Gasteiger partial charge < -0.3 is 19.3 Å². The molecule has 0 radical (unpaired) electrons. The van der Waals surface area contributed by atoms with Gasteiger partial charge in [-0.3, -0.25) is 9.78 Å². The normalized spacial score (nSPS) is 16.7. The van der Waals surface area contributed by atoms with Gasteiger partial charge in [0, 0.05) is 31.7 Å². The predicted molar refractivity (Wildman–Crippen MR) is 90.8 cm³/mol. The standard InChI is InChI=1S/C17H17N5O3/c1-21-4-6-22(7-5-21)17-19-15(12(9-18)16(23)20-17)11-2-3-13-14(8-11)25-10-24-13/h2-3,8H,4-7,10H2,1H3,(H,19,20,23). The zero-order valence-corrected chi connectivity index (χ0v) is 13.8. The van der Waals surface area contributed by atoms with Gasteiger partial charge in [0.25, 0.3) is 5.56 Å². The second kappa shape index (κ2) is 6.11. The number of fused-ring (bicyclic) bond motifs is 1. The molecule has 0 saturated carbocycles. The highest BCUT2D eigenvalue weighted by molar-refractivity contribution is 5.70. The number of nitrogens with zero attached hydrogens (tertiary/aromatic N) is 4. The number of nitrogens with one attached hydrogen (secondary N) is 1. The highest BCUT2D eigenvalue weighted by Gasteiger charge is 2.21. The summed E-state index contributed by atoms with van der Waals surface area (Å²) in [5.41, 5.74) is 0.580. The Balaban J connectivity index is 1.78. The molecule has 1 N–H and O–H groups in total. The lowest BCUT2D eigenvalue weighted by Crippen LogP contribution is -2.45. The van der Waals surface area contributed by atoms with Crippen LogP contribution in [0, 0.1) is 11.3 Å². The molecule has 0 unspecified atom stereocenters. The quantitative estimate of drug-likeness (QED) is 0.864. The van der Waals surface area contributed by atoms with Crippen molar-refractivity contribution in [3.05, 3.63) is 34.1 Å². The fourth-order valence-corrected chi connectivity index (χ4v) is 2.99. The Morgan fingerprint density at radius 2 is 1.96 bits per heavy atom. The number of likely N-dealkylation sites (N-methyl/N-ethyl adjacent to an activating group) is 1. The minimum absolute atomic E-state index is 0.00302. The second-order valence-electron chi connectivity index (χ2n) is 6.08. The molecule has 2 aliphatic heterocycles. The largest absolute Gasteiger partial charge is 0.454 e. The van der Waals surface area contributed by atoms with E-state index < -0.39 is 5.56 Å². The summed E-state index contributed by atoms with van der Waals surface area (Å²) in [6, 6.07) is 7.25. The Morgan fingerprint density at radius 3 is 2.72 bits per heavy atom. The first kappa shape index (κ1) is 15.5. The SMILES string of the molecule is CN1CCN(c2nc(-c3ccc4c(c3)OCO4)c(C#N)c(=O)[nH]2)CC1. The number of rotatable bonds is 2. The molecular weight excluding hydrogens is 322 g/mol. The van der Waals surface area contributed by atoms with Gasteiger partial charge in [-0.1, -0.05) is 0 Å². The molecule has 128 valence electrons. The van der Waals surface area contributed by atoms with Crippen molar-refractivity contribution in [3.63, 3.8) is 0 Å². The van der Waals surface area contributed by atoms with Crippen LogP contribution in [0.5, 0.6) is 11.5 Å². The lowest BCUT2D eigenvalue weighted by atomic mass is 10.1. The molecule has 0 spiro atoms. The van der Waals surface area contributed by atoms with Gasteiger partial charge in [-0.05, 0) is 25.2 Å². The van der Waals surface area contributed by atoms with Crippen LogP contribution >= 0.6 is 0 Å². The molecule has 1 aromatic heterocycles. The molecule has 0 amide bonds. The van der Waals surface area contributed by atoms with E-state index in [0.717, 1.165) is 26.2 Å². The van der Waals surface area contributed by atoms with Crippen LogP contribution in [0.15, 0.2) is 23.0 Å². The summed E-state index contributed by atoms with van der Waals surface area (Å²) in [7, 11) is 2.06. The molecule has 2 aromatic rings. The third kappa shape index (κ3) is 2.79. The molecule has 3 heterocycles. The zero-order valence-electron chi connectivity index (χ0n) is 13.8. The Morgan fingerprint density at radius 1 is 1.20 bits per heavy atom. The van der Waals surface area contributed by atoms with E-state index >= 15 is 0 Å². The van der Waals surface area contributed by atoms with Gasteiger partial charge in [-0.15, -0.1) is 0 Å². The van der Waals surface area contributed by atoms with Crippen LogP contribution in [-0.4, -0.2) is 54.9 Å². The first-order valence-electron chi connectivity index (χ1n) is 8.03. The molecular formula is C17H17N5O3. The molecule has 0 bridgehead atoms. The molecule has 8 heteroatoms. The van der Waals surface area contributed by atoms with E-state index in [-0.39, 0.29) is 12.4 Å². The van der Waals surface area contributed by atoms with Crippen molar-refractivity contribution in [2.45, 2.75) is 0 Å². The fourth-order valence-electron chi connectivity index (χ4n) is 2.99. The molecule has 1 aromatic carbocycles. The van der Waals surface area contributed by atoms with Gasteiger partial charge in [0.15, 0.2) is 11.5 Å². The maximum atomic E-state index is 12.4. The second-order valence-corrected chi connectivity index (χ2v) is 6.08. The van der Waals surface area contributed by atoms with Crippen LogP contribution in [-0.2, 0) is 0 Å². The third-order valence-corrected chi connectivity index (χ3v) is 4.47. The third-order valence-electron chi connectivity index (χ3n) is 4.47. The molecule has 1 saturated heterocycles. The Bertz CT molecular complexity index is 909. The zero-order chi connectivity index (χ0) is 17.4. The van der Waals surface area contributed by atoms with Crippen LogP contribution in [0.3, 0.4) is 0 Å². The minimum atomic E-state index is -0.431. The predicted octanol–water partition coefficient (Wildman–Crippen LogP) is 0.789.